The minimum absolute atomic E-state index is 0.00583. The molecule has 1 fully saturated rings. The van der Waals surface area contributed by atoms with Crippen molar-refractivity contribution in [2.24, 2.45) is 5.92 Å². The van der Waals surface area contributed by atoms with Gasteiger partial charge in [-0.3, -0.25) is 4.79 Å². The Labute approximate surface area is 152 Å². The summed E-state index contributed by atoms with van der Waals surface area (Å²) in [5.74, 6) is 0.303. The fraction of sp³-hybridized carbons (Fsp3) is 0.562. The lowest BCUT2D eigenvalue weighted by Crippen LogP contribution is -2.41. The van der Waals surface area contributed by atoms with Crippen LogP contribution in [0.2, 0.25) is 0 Å². The zero-order chi connectivity index (χ0) is 17.6. The fourth-order valence-electron chi connectivity index (χ4n) is 2.81. The van der Waals surface area contributed by atoms with Crippen LogP contribution in [0, 0.1) is 5.92 Å². The molecule has 1 unspecified atom stereocenters. The van der Waals surface area contributed by atoms with Gasteiger partial charge < -0.3 is 10.2 Å². The van der Waals surface area contributed by atoms with E-state index in [1.807, 2.05) is 24.3 Å². The van der Waals surface area contributed by atoms with Gasteiger partial charge in [-0.1, -0.05) is 15.9 Å². The second-order valence-electron chi connectivity index (χ2n) is 6.23. The van der Waals surface area contributed by atoms with Crippen LogP contribution in [0.5, 0.6) is 0 Å². The highest BCUT2D eigenvalue weighted by Gasteiger charge is 2.21. The molecule has 0 saturated carbocycles. The molecule has 1 aromatic carbocycles. The van der Waals surface area contributed by atoms with E-state index >= 15 is 0 Å². The van der Waals surface area contributed by atoms with E-state index in [0.29, 0.717) is 25.4 Å². The third-order valence-corrected chi connectivity index (χ3v) is 5.24. The smallest absolute Gasteiger partial charge is 0.225 e. The van der Waals surface area contributed by atoms with Crippen molar-refractivity contribution in [3.63, 3.8) is 0 Å². The maximum atomic E-state index is 12.0. The van der Waals surface area contributed by atoms with E-state index < -0.39 is 10.0 Å². The quantitative estimate of drug-likeness (QED) is 0.711. The summed E-state index contributed by atoms with van der Waals surface area (Å²) in [6, 6.07) is 7.49. The lowest BCUT2D eigenvalue weighted by Gasteiger charge is -2.32. The molecule has 1 aromatic rings. The zero-order valence-corrected chi connectivity index (χ0v) is 16.2. The molecule has 0 radical (unpaired) electrons. The van der Waals surface area contributed by atoms with E-state index in [9.17, 15) is 13.2 Å². The first kappa shape index (κ1) is 19.4. The Kier molecular flexibility index (Phi) is 7.21. The Morgan fingerprint density at radius 3 is 2.71 bits per heavy atom. The molecule has 0 aromatic heterocycles. The highest BCUT2D eigenvalue weighted by Crippen LogP contribution is 2.17. The summed E-state index contributed by atoms with van der Waals surface area (Å²) < 4.78 is 25.9. The van der Waals surface area contributed by atoms with Crippen LogP contribution in [-0.2, 0) is 14.8 Å². The van der Waals surface area contributed by atoms with Crippen molar-refractivity contribution in [3.8, 4) is 0 Å². The monoisotopic (exact) mass is 417 g/mol. The normalized spacial score (nSPS) is 19.2. The molecule has 0 bridgehead atoms. The maximum absolute atomic E-state index is 12.0. The van der Waals surface area contributed by atoms with Gasteiger partial charge in [0.05, 0.1) is 6.26 Å². The molecule has 1 saturated heterocycles. The summed E-state index contributed by atoms with van der Waals surface area (Å²) in [7, 11) is -3.14. The van der Waals surface area contributed by atoms with Crippen LogP contribution < -0.4 is 10.0 Å². The Balaban J connectivity index is 1.72. The molecule has 1 aliphatic rings. The minimum atomic E-state index is -3.14. The highest BCUT2D eigenvalue weighted by molar-refractivity contribution is 9.10. The summed E-state index contributed by atoms with van der Waals surface area (Å²) >= 11 is 3.36. The highest BCUT2D eigenvalue weighted by atomic mass is 79.9. The van der Waals surface area contributed by atoms with Crippen LogP contribution in [0.4, 0.5) is 5.69 Å². The molecule has 134 valence electrons. The number of carbonyl (C=O) groups is 1. The molecule has 2 N–H and O–H groups in total. The third kappa shape index (κ3) is 7.29. The van der Waals surface area contributed by atoms with E-state index in [-0.39, 0.29) is 5.91 Å². The van der Waals surface area contributed by atoms with Crippen molar-refractivity contribution >= 4 is 37.5 Å². The molecule has 1 aliphatic heterocycles. The zero-order valence-electron chi connectivity index (χ0n) is 13.8. The maximum Gasteiger partial charge on any atom is 0.225 e. The lowest BCUT2D eigenvalue weighted by molar-refractivity contribution is -0.116. The first-order valence-electron chi connectivity index (χ1n) is 8.04. The number of hydrogen-bond acceptors (Lipinski definition) is 4. The third-order valence-electron chi connectivity index (χ3n) is 4.02. The Hall–Kier alpha value is -0.960. The van der Waals surface area contributed by atoms with Gasteiger partial charge >= 0.3 is 0 Å². The number of nitrogens with zero attached hydrogens (tertiary/aromatic N) is 1. The van der Waals surface area contributed by atoms with Crippen molar-refractivity contribution in [2.75, 3.05) is 37.8 Å². The molecule has 1 amide bonds. The van der Waals surface area contributed by atoms with E-state index in [0.717, 1.165) is 36.1 Å². The number of amides is 1. The number of carbonyl (C=O) groups excluding carboxylic acids is 1. The number of anilines is 1. The van der Waals surface area contributed by atoms with Crippen LogP contribution in [0.15, 0.2) is 28.7 Å². The van der Waals surface area contributed by atoms with Crippen molar-refractivity contribution < 1.29 is 13.2 Å². The van der Waals surface area contributed by atoms with Gasteiger partial charge in [-0.2, -0.15) is 0 Å². The number of halogens is 1. The predicted octanol–water partition coefficient (Wildman–Crippen LogP) is 2.04. The fourth-order valence-corrected chi connectivity index (χ4v) is 3.61. The first-order valence-corrected chi connectivity index (χ1v) is 10.7. The number of rotatable bonds is 7. The molecule has 1 atom stereocenters. The molecular formula is C16H24BrN3O3S. The molecule has 24 heavy (non-hydrogen) atoms. The average Bonchev–Trinajstić information content (AvgIpc) is 2.53. The van der Waals surface area contributed by atoms with Crippen LogP contribution >= 0.6 is 15.9 Å². The van der Waals surface area contributed by atoms with Crippen molar-refractivity contribution in [3.05, 3.63) is 28.7 Å². The van der Waals surface area contributed by atoms with Gasteiger partial charge in [0.2, 0.25) is 15.9 Å². The van der Waals surface area contributed by atoms with E-state index in [4.69, 9.17) is 0 Å². The van der Waals surface area contributed by atoms with Gasteiger partial charge in [0.1, 0.15) is 0 Å². The number of benzene rings is 1. The molecule has 0 aliphatic carbocycles. The summed E-state index contributed by atoms with van der Waals surface area (Å²) in [5, 5.41) is 2.89. The molecule has 8 heteroatoms. The average molecular weight is 418 g/mol. The number of nitrogens with one attached hydrogen (secondary N) is 2. The number of sulfonamides is 1. The summed E-state index contributed by atoms with van der Waals surface area (Å²) in [5.41, 5.74) is 0.789. The molecular weight excluding hydrogens is 394 g/mol. The second kappa shape index (κ2) is 8.94. The first-order chi connectivity index (χ1) is 11.3. The molecule has 6 nitrogen and oxygen atoms in total. The summed E-state index contributed by atoms with van der Waals surface area (Å²) in [6.45, 7) is 2.95. The topological polar surface area (TPSA) is 78.5 Å². The van der Waals surface area contributed by atoms with Crippen LogP contribution in [-0.4, -0.2) is 51.7 Å². The summed E-state index contributed by atoms with van der Waals surface area (Å²) in [4.78, 5) is 14.3. The van der Waals surface area contributed by atoms with E-state index in [1.165, 1.54) is 6.26 Å². The standard InChI is InChI=1S/C16H24BrN3O3S/c1-24(22,23)18-11-13-3-2-9-20(12-13)10-8-16(21)19-15-6-4-14(17)5-7-15/h4-7,13,18H,2-3,8-12H2,1H3,(H,19,21). The van der Waals surface area contributed by atoms with Gasteiger partial charge in [0.25, 0.3) is 0 Å². The largest absolute Gasteiger partial charge is 0.326 e. The SMILES string of the molecule is CS(=O)(=O)NCC1CCCN(CCC(=O)Nc2ccc(Br)cc2)C1. The Bertz CT molecular complexity index is 649. The minimum Gasteiger partial charge on any atom is -0.326 e. The van der Waals surface area contributed by atoms with Crippen molar-refractivity contribution in [1.29, 1.82) is 0 Å². The van der Waals surface area contributed by atoms with E-state index in [1.54, 1.807) is 0 Å². The molecule has 0 spiro atoms. The van der Waals surface area contributed by atoms with Crippen LogP contribution in [0.25, 0.3) is 0 Å². The van der Waals surface area contributed by atoms with Gasteiger partial charge in [0.15, 0.2) is 0 Å². The van der Waals surface area contributed by atoms with Gasteiger partial charge in [-0.25, -0.2) is 13.1 Å². The molecule has 2 rings (SSSR count). The predicted molar refractivity (Wildman–Crippen MR) is 99.4 cm³/mol. The number of hydrogen-bond donors (Lipinski definition) is 2. The van der Waals surface area contributed by atoms with Gasteiger partial charge in [0, 0.05) is 36.2 Å². The van der Waals surface area contributed by atoms with Gasteiger partial charge in [-0.05, 0) is 49.6 Å². The number of likely N-dealkylation sites (tertiary alicyclic amines) is 1. The summed E-state index contributed by atoms with van der Waals surface area (Å²) in [6.07, 6.45) is 3.66. The Morgan fingerprint density at radius 2 is 2.04 bits per heavy atom. The van der Waals surface area contributed by atoms with Crippen molar-refractivity contribution in [2.45, 2.75) is 19.3 Å². The Morgan fingerprint density at radius 1 is 1.33 bits per heavy atom. The van der Waals surface area contributed by atoms with Crippen molar-refractivity contribution in [1.82, 2.24) is 9.62 Å². The molecule has 1 heterocycles. The van der Waals surface area contributed by atoms with E-state index in [2.05, 4.69) is 30.9 Å². The van der Waals surface area contributed by atoms with Crippen LogP contribution in [0.1, 0.15) is 19.3 Å². The number of piperidine rings is 1. The van der Waals surface area contributed by atoms with Crippen LogP contribution in [0.3, 0.4) is 0 Å². The lowest BCUT2D eigenvalue weighted by atomic mass is 9.98. The second-order valence-corrected chi connectivity index (χ2v) is 8.98. The van der Waals surface area contributed by atoms with Gasteiger partial charge in [-0.15, -0.1) is 0 Å².